The first-order chi connectivity index (χ1) is 15.2. The van der Waals surface area contributed by atoms with Gasteiger partial charge < -0.3 is 14.4 Å². The number of methoxy groups -OCH3 is 1. The maximum Gasteiger partial charge on any atom is 0.147 e. The molecule has 0 saturated carbocycles. The van der Waals surface area contributed by atoms with Crippen LogP contribution in [0.3, 0.4) is 0 Å². The monoisotopic (exact) mass is 415 g/mol. The summed E-state index contributed by atoms with van der Waals surface area (Å²) in [5.41, 5.74) is 7.63. The van der Waals surface area contributed by atoms with E-state index in [1.54, 1.807) is 7.11 Å². The average Bonchev–Trinajstić information content (AvgIpc) is 3.23. The van der Waals surface area contributed by atoms with Crippen molar-refractivity contribution in [1.29, 1.82) is 0 Å². The second-order valence-electron chi connectivity index (χ2n) is 7.76. The van der Waals surface area contributed by atoms with E-state index in [1.807, 2.05) is 24.4 Å². The summed E-state index contributed by atoms with van der Waals surface area (Å²) in [6.45, 7) is 7.41. The molecule has 0 bridgehead atoms. The number of fused-ring (bicyclic) bond motifs is 1. The molecule has 0 amide bonds. The van der Waals surface area contributed by atoms with Crippen molar-refractivity contribution >= 4 is 16.9 Å². The zero-order valence-electron chi connectivity index (χ0n) is 18.0. The molecule has 158 valence electrons. The van der Waals surface area contributed by atoms with Gasteiger partial charge in [-0.2, -0.15) is 5.10 Å². The lowest BCUT2D eigenvalue weighted by Crippen LogP contribution is -2.36. The van der Waals surface area contributed by atoms with Crippen molar-refractivity contribution in [3.63, 3.8) is 0 Å². The zero-order valence-corrected chi connectivity index (χ0v) is 18.0. The number of morpholine rings is 1. The van der Waals surface area contributed by atoms with Crippen LogP contribution in [0.2, 0.25) is 0 Å². The van der Waals surface area contributed by atoms with E-state index < -0.39 is 0 Å². The van der Waals surface area contributed by atoms with Gasteiger partial charge in [0, 0.05) is 36.5 Å². The van der Waals surface area contributed by atoms with E-state index in [4.69, 9.17) is 14.5 Å². The number of rotatable bonds is 4. The van der Waals surface area contributed by atoms with Gasteiger partial charge in [-0.3, -0.25) is 5.10 Å². The predicted molar refractivity (Wildman–Crippen MR) is 122 cm³/mol. The van der Waals surface area contributed by atoms with Gasteiger partial charge in [0.15, 0.2) is 0 Å². The van der Waals surface area contributed by atoms with Crippen molar-refractivity contribution < 1.29 is 9.47 Å². The van der Waals surface area contributed by atoms with Crippen molar-refractivity contribution in [2.45, 2.75) is 13.8 Å². The van der Waals surface area contributed by atoms with Gasteiger partial charge in [-0.25, -0.2) is 9.97 Å². The molecule has 0 unspecified atom stereocenters. The Bertz CT molecular complexity index is 1230. The van der Waals surface area contributed by atoms with Gasteiger partial charge in [-0.15, -0.1) is 0 Å². The van der Waals surface area contributed by atoms with Crippen molar-refractivity contribution in [3.05, 3.63) is 53.7 Å². The van der Waals surface area contributed by atoms with Crippen LogP contribution in [0.5, 0.6) is 5.75 Å². The Labute approximate surface area is 181 Å². The quantitative estimate of drug-likeness (QED) is 0.540. The molecule has 1 aromatic carbocycles. The molecule has 4 heterocycles. The van der Waals surface area contributed by atoms with Gasteiger partial charge in [-0.1, -0.05) is 18.2 Å². The third-order valence-corrected chi connectivity index (χ3v) is 5.94. The third kappa shape index (κ3) is 3.51. The van der Waals surface area contributed by atoms with Crippen LogP contribution in [0.4, 0.5) is 5.82 Å². The van der Waals surface area contributed by atoms with Crippen LogP contribution in [0, 0.1) is 13.8 Å². The molecular weight excluding hydrogens is 390 g/mol. The van der Waals surface area contributed by atoms with Crippen LogP contribution in [0.1, 0.15) is 11.1 Å². The van der Waals surface area contributed by atoms with E-state index in [2.05, 4.69) is 52.1 Å². The number of aromatic nitrogens is 4. The highest BCUT2D eigenvalue weighted by Crippen LogP contribution is 2.36. The lowest BCUT2D eigenvalue weighted by molar-refractivity contribution is 0.122. The number of benzene rings is 1. The summed E-state index contributed by atoms with van der Waals surface area (Å²) in [6, 6.07) is 12.3. The number of hydrogen-bond donors (Lipinski definition) is 1. The molecule has 0 aliphatic carbocycles. The Morgan fingerprint density at radius 2 is 1.90 bits per heavy atom. The Morgan fingerprint density at radius 3 is 2.65 bits per heavy atom. The SMILES string of the molecule is COc1cc2[nH]nc(-c3ccc(N4CCOCC4)nc3)c2nc1-c1cccc(C)c1C. The second-order valence-corrected chi connectivity index (χ2v) is 7.76. The Morgan fingerprint density at radius 1 is 1.06 bits per heavy atom. The van der Waals surface area contributed by atoms with Crippen LogP contribution >= 0.6 is 0 Å². The summed E-state index contributed by atoms with van der Waals surface area (Å²) in [5.74, 6) is 1.68. The van der Waals surface area contributed by atoms with Gasteiger partial charge in [-0.05, 0) is 37.1 Å². The number of nitrogens with one attached hydrogen (secondary N) is 1. The summed E-state index contributed by atoms with van der Waals surface area (Å²) in [7, 11) is 1.67. The van der Waals surface area contributed by atoms with Crippen LogP contribution in [-0.4, -0.2) is 53.6 Å². The van der Waals surface area contributed by atoms with E-state index >= 15 is 0 Å². The molecule has 0 atom stereocenters. The highest BCUT2D eigenvalue weighted by Gasteiger charge is 2.18. The summed E-state index contributed by atoms with van der Waals surface area (Å²) >= 11 is 0. The van der Waals surface area contributed by atoms with Gasteiger partial charge in [0.05, 0.1) is 25.8 Å². The minimum Gasteiger partial charge on any atom is -0.494 e. The summed E-state index contributed by atoms with van der Waals surface area (Å²) in [4.78, 5) is 11.9. The summed E-state index contributed by atoms with van der Waals surface area (Å²) < 4.78 is 11.1. The van der Waals surface area contributed by atoms with Crippen molar-refractivity contribution in [3.8, 4) is 28.3 Å². The highest BCUT2D eigenvalue weighted by molar-refractivity contribution is 5.93. The molecule has 0 spiro atoms. The van der Waals surface area contributed by atoms with Crippen LogP contribution < -0.4 is 9.64 Å². The van der Waals surface area contributed by atoms with E-state index in [1.165, 1.54) is 11.1 Å². The van der Waals surface area contributed by atoms with E-state index in [-0.39, 0.29) is 0 Å². The first kappa shape index (κ1) is 19.5. The van der Waals surface area contributed by atoms with Crippen LogP contribution in [0.25, 0.3) is 33.5 Å². The molecule has 1 fully saturated rings. The lowest BCUT2D eigenvalue weighted by atomic mass is 9.99. The number of anilines is 1. The standard InChI is InChI=1S/C24H25N5O2/c1-15-5-4-6-18(16(15)2)23-20(30-3)13-19-24(26-23)22(28-27-19)17-7-8-21(25-14-17)29-9-11-31-12-10-29/h4-8,13-14H,9-12H2,1-3H3,(H,27,28). The zero-order chi connectivity index (χ0) is 21.4. The van der Waals surface area contributed by atoms with Crippen LogP contribution in [0.15, 0.2) is 42.6 Å². The molecule has 3 aromatic heterocycles. The van der Waals surface area contributed by atoms with Gasteiger partial charge in [0.1, 0.15) is 28.5 Å². The van der Waals surface area contributed by atoms with E-state index in [9.17, 15) is 0 Å². The van der Waals surface area contributed by atoms with Gasteiger partial charge in [0.2, 0.25) is 0 Å². The summed E-state index contributed by atoms with van der Waals surface area (Å²) in [6.07, 6.45) is 1.86. The minimum absolute atomic E-state index is 0.720. The first-order valence-corrected chi connectivity index (χ1v) is 10.4. The molecule has 0 radical (unpaired) electrons. The van der Waals surface area contributed by atoms with Crippen molar-refractivity contribution in [1.82, 2.24) is 20.2 Å². The Hall–Kier alpha value is -3.45. The number of nitrogens with zero attached hydrogens (tertiary/aromatic N) is 4. The topological polar surface area (TPSA) is 76.2 Å². The van der Waals surface area contributed by atoms with Crippen molar-refractivity contribution in [2.24, 2.45) is 0 Å². The Balaban J connectivity index is 1.58. The molecule has 5 rings (SSSR count). The maximum atomic E-state index is 5.66. The van der Waals surface area contributed by atoms with Crippen LogP contribution in [-0.2, 0) is 4.74 Å². The summed E-state index contributed by atoms with van der Waals surface area (Å²) in [5, 5.41) is 7.64. The number of aromatic amines is 1. The highest BCUT2D eigenvalue weighted by atomic mass is 16.5. The molecule has 31 heavy (non-hydrogen) atoms. The molecule has 1 aliphatic rings. The Kier molecular flexibility index (Phi) is 5.03. The number of pyridine rings is 2. The van der Waals surface area contributed by atoms with Crippen molar-refractivity contribution in [2.75, 3.05) is 38.3 Å². The fraction of sp³-hybridized carbons (Fsp3) is 0.292. The number of ether oxygens (including phenoxy) is 2. The van der Waals surface area contributed by atoms with Gasteiger partial charge in [0.25, 0.3) is 0 Å². The fourth-order valence-corrected chi connectivity index (χ4v) is 3.99. The average molecular weight is 415 g/mol. The smallest absolute Gasteiger partial charge is 0.147 e. The number of hydrogen-bond acceptors (Lipinski definition) is 6. The second kappa shape index (κ2) is 8.00. The predicted octanol–water partition coefficient (Wildman–Crippen LogP) is 4.15. The lowest BCUT2D eigenvalue weighted by Gasteiger charge is -2.27. The minimum atomic E-state index is 0.720. The number of H-pyrrole nitrogens is 1. The first-order valence-electron chi connectivity index (χ1n) is 10.4. The number of aryl methyl sites for hydroxylation is 1. The largest absolute Gasteiger partial charge is 0.494 e. The fourth-order valence-electron chi connectivity index (χ4n) is 3.99. The molecule has 7 nitrogen and oxygen atoms in total. The normalized spacial score (nSPS) is 14.2. The molecule has 1 N–H and O–H groups in total. The van der Waals surface area contributed by atoms with E-state index in [0.717, 1.165) is 71.4 Å². The molecular formula is C24H25N5O2. The molecule has 1 saturated heterocycles. The molecule has 1 aliphatic heterocycles. The maximum absolute atomic E-state index is 5.66. The molecule has 4 aromatic rings. The van der Waals surface area contributed by atoms with Gasteiger partial charge >= 0.3 is 0 Å². The third-order valence-electron chi connectivity index (χ3n) is 5.94. The van der Waals surface area contributed by atoms with E-state index in [0.29, 0.717) is 0 Å². The molecule has 7 heteroatoms.